The molecule has 1 radical (unpaired) electrons. The molecule has 0 N–H and O–H groups in total. The maximum absolute atomic E-state index is 5.71. The molecule has 1 atom stereocenters. The van der Waals surface area contributed by atoms with Gasteiger partial charge in [-0.15, -0.1) is 0 Å². The van der Waals surface area contributed by atoms with E-state index >= 15 is 0 Å². The Bertz CT molecular complexity index is 195. The van der Waals surface area contributed by atoms with Crippen LogP contribution in [0.2, 0.25) is 0 Å². The van der Waals surface area contributed by atoms with E-state index < -0.39 is 0 Å². The zero-order valence-electron chi connectivity index (χ0n) is 11.5. The summed E-state index contributed by atoms with van der Waals surface area (Å²) in [5.74, 6) is 1.05. The van der Waals surface area contributed by atoms with Gasteiger partial charge in [0.2, 0.25) is 0 Å². The summed E-state index contributed by atoms with van der Waals surface area (Å²) in [4.78, 5) is 0. The molecular weight excluding hydrogens is 200 g/mol. The topological polar surface area (TPSA) is 18.5 Å². The van der Waals surface area contributed by atoms with Crippen molar-refractivity contribution in [1.82, 2.24) is 0 Å². The molecule has 0 rings (SSSR count). The van der Waals surface area contributed by atoms with E-state index in [0.717, 1.165) is 25.0 Å². The average Bonchev–Trinajstić information content (AvgIpc) is 2.12. The number of rotatable bonds is 8. The smallest absolute Gasteiger partial charge is 0.0926 e. The van der Waals surface area contributed by atoms with Crippen LogP contribution in [0.1, 0.15) is 53.9 Å². The van der Waals surface area contributed by atoms with Crippen molar-refractivity contribution in [2.24, 2.45) is 0 Å². The second-order valence-corrected chi connectivity index (χ2v) is 4.66. The lowest BCUT2D eigenvalue weighted by atomic mass is 10.1. The first kappa shape index (κ1) is 15.5. The second kappa shape index (κ2) is 8.63. The average molecular weight is 227 g/mol. The summed E-state index contributed by atoms with van der Waals surface area (Å²) >= 11 is 0. The maximum Gasteiger partial charge on any atom is 0.0926 e. The first-order valence-electron chi connectivity index (χ1n) is 6.26. The molecule has 0 spiro atoms. The minimum absolute atomic E-state index is 0.235. The number of ether oxygens (including phenoxy) is 2. The molecule has 0 heterocycles. The van der Waals surface area contributed by atoms with Crippen molar-refractivity contribution in [3.05, 3.63) is 18.8 Å². The zero-order valence-corrected chi connectivity index (χ0v) is 11.5. The van der Waals surface area contributed by atoms with Crippen LogP contribution < -0.4 is 0 Å². The van der Waals surface area contributed by atoms with Crippen LogP contribution in [0.3, 0.4) is 0 Å². The Morgan fingerprint density at radius 3 is 2.19 bits per heavy atom. The standard InChI is InChI=1S/C14H27O2/c1-7-8-14(16-12(4)5)10-9-13(6)15-11(2)3/h8,11-13H,1,7,9-10H2,2-6H3/b14-8-. The molecule has 0 aliphatic heterocycles. The Balaban J connectivity index is 3.97. The van der Waals surface area contributed by atoms with Gasteiger partial charge in [0, 0.05) is 6.42 Å². The van der Waals surface area contributed by atoms with Gasteiger partial charge < -0.3 is 9.47 Å². The van der Waals surface area contributed by atoms with Gasteiger partial charge in [-0.3, -0.25) is 0 Å². The van der Waals surface area contributed by atoms with Crippen LogP contribution >= 0.6 is 0 Å². The molecule has 0 saturated heterocycles. The molecule has 0 saturated carbocycles. The third-order valence-corrected chi connectivity index (χ3v) is 2.06. The van der Waals surface area contributed by atoms with Gasteiger partial charge in [0.25, 0.3) is 0 Å². The van der Waals surface area contributed by atoms with Crippen LogP contribution in [-0.4, -0.2) is 18.3 Å². The molecule has 0 aromatic carbocycles. The number of allylic oxidation sites excluding steroid dienone is 2. The SMILES string of the molecule is [CH2]C/C=C(/CCC(C)OC(C)C)OC(C)C. The van der Waals surface area contributed by atoms with Crippen LogP contribution in [0.25, 0.3) is 0 Å². The minimum atomic E-state index is 0.235. The van der Waals surface area contributed by atoms with Gasteiger partial charge in [-0.1, -0.05) is 0 Å². The highest BCUT2D eigenvalue weighted by atomic mass is 16.5. The summed E-state index contributed by atoms with van der Waals surface area (Å²) in [5.41, 5.74) is 0. The fraction of sp³-hybridized carbons (Fsp3) is 0.786. The van der Waals surface area contributed by atoms with E-state index in [9.17, 15) is 0 Å². The van der Waals surface area contributed by atoms with E-state index in [1.807, 2.05) is 13.8 Å². The van der Waals surface area contributed by atoms with E-state index in [0.29, 0.717) is 6.10 Å². The second-order valence-electron chi connectivity index (χ2n) is 4.66. The fourth-order valence-corrected chi connectivity index (χ4v) is 1.55. The van der Waals surface area contributed by atoms with Crippen LogP contribution in [0.5, 0.6) is 0 Å². The highest BCUT2D eigenvalue weighted by molar-refractivity contribution is 4.94. The van der Waals surface area contributed by atoms with Crippen LogP contribution in [0.4, 0.5) is 0 Å². The van der Waals surface area contributed by atoms with Crippen molar-refractivity contribution in [3.8, 4) is 0 Å². The minimum Gasteiger partial charge on any atom is -0.496 e. The van der Waals surface area contributed by atoms with Gasteiger partial charge in [-0.05, 0) is 60.5 Å². The largest absolute Gasteiger partial charge is 0.496 e. The van der Waals surface area contributed by atoms with Crippen LogP contribution in [-0.2, 0) is 9.47 Å². The number of hydrogen-bond donors (Lipinski definition) is 0. The highest BCUT2D eigenvalue weighted by Crippen LogP contribution is 2.14. The van der Waals surface area contributed by atoms with E-state index in [4.69, 9.17) is 9.47 Å². The van der Waals surface area contributed by atoms with E-state index in [2.05, 4.69) is 33.8 Å². The normalized spacial score (nSPS) is 14.6. The molecule has 2 nitrogen and oxygen atoms in total. The molecule has 0 aromatic heterocycles. The van der Waals surface area contributed by atoms with Gasteiger partial charge in [0.1, 0.15) is 0 Å². The quantitative estimate of drug-likeness (QED) is 0.581. The van der Waals surface area contributed by atoms with Crippen molar-refractivity contribution in [2.45, 2.75) is 72.2 Å². The third kappa shape index (κ3) is 8.78. The van der Waals surface area contributed by atoms with Gasteiger partial charge >= 0.3 is 0 Å². The van der Waals surface area contributed by atoms with E-state index in [1.165, 1.54) is 0 Å². The van der Waals surface area contributed by atoms with Crippen molar-refractivity contribution in [1.29, 1.82) is 0 Å². The van der Waals surface area contributed by atoms with Gasteiger partial charge in [-0.25, -0.2) is 0 Å². The van der Waals surface area contributed by atoms with Crippen molar-refractivity contribution in [2.75, 3.05) is 0 Å². The molecule has 0 bridgehead atoms. The molecular formula is C14H27O2. The Kier molecular flexibility index (Phi) is 8.36. The Morgan fingerprint density at radius 2 is 1.75 bits per heavy atom. The van der Waals surface area contributed by atoms with Crippen molar-refractivity contribution >= 4 is 0 Å². The van der Waals surface area contributed by atoms with Crippen LogP contribution in [0, 0.1) is 6.92 Å². The third-order valence-electron chi connectivity index (χ3n) is 2.06. The summed E-state index contributed by atoms with van der Waals surface area (Å²) in [7, 11) is 0. The summed E-state index contributed by atoms with van der Waals surface area (Å²) in [6.07, 6.45) is 5.58. The Labute approximate surface area is 101 Å². The molecule has 0 aliphatic rings. The predicted octanol–water partition coefficient (Wildman–Crippen LogP) is 4.11. The summed E-state index contributed by atoms with van der Waals surface area (Å²) < 4.78 is 11.4. The van der Waals surface area contributed by atoms with Crippen molar-refractivity contribution < 1.29 is 9.47 Å². The van der Waals surface area contributed by atoms with Crippen molar-refractivity contribution in [3.63, 3.8) is 0 Å². The monoisotopic (exact) mass is 227 g/mol. The highest BCUT2D eigenvalue weighted by Gasteiger charge is 2.08. The Hall–Kier alpha value is -0.500. The lowest BCUT2D eigenvalue weighted by Gasteiger charge is -2.18. The van der Waals surface area contributed by atoms with Crippen LogP contribution in [0.15, 0.2) is 11.8 Å². The first-order valence-corrected chi connectivity index (χ1v) is 6.26. The lowest BCUT2D eigenvalue weighted by Crippen LogP contribution is -2.15. The fourth-order valence-electron chi connectivity index (χ4n) is 1.55. The molecule has 1 unspecified atom stereocenters. The molecule has 2 heteroatoms. The first-order chi connectivity index (χ1) is 7.45. The number of hydrogen-bond acceptors (Lipinski definition) is 2. The summed E-state index contributed by atoms with van der Waals surface area (Å²) in [6, 6.07) is 0. The summed E-state index contributed by atoms with van der Waals surface area (Å²) in [5, 5.41) is 0. The molecule has 0 aromatic rings. The molecule has 0 fully saturated rings. The van der Waals surface area contributed by atoms with E-state index in [1.54, 1.807) is 0 Å². The van der Waals surface area contributed by atoms with E-state index in [-0.39, 0.29) is 12.2 Å². The zero-order chi connectivity index (χ0) is 12.6. The molecule has 95 valence electrons. The molecule has 16 heavy (non-hydrogen) atoms. The maximum atomic E-state index is 5.71. The molecule has 0 amide bonds. The van der Waals surface area contributed by atoms with Gasteiger partial charge in [0.05, 0.1) is 24.1 Å². The summed E-state index contributed by atoms with van der Waals surface area (Å²) in [6.45, 7) is 14.1. The predicted molar refractivity (Wildman–Crippen MR) is 69.2 cm³/mol. The lowest BCUT2D eigenvalue weighted by molar-refractivity contribution is 0.0112. The molecule has 0 aliphatic carbocycles. The van der Waals surface area contributed by atoms with Gasteiger partial charge in [0.15, 0.2) is 0 Å². The Morgan fingerprint density at radius 1 is 1.12 bits per heavy atom. The van der Waals surface area contributed by atoms with Gasteiger partial charge in [-0.2, -0.15) is 0 Å².